The molecule has 0 saturated heterocycles. The zero-order chi connectivity index (χ0) is 12.5. The van der Waals surface area contributed by atoms with E-state index in [1.807, 2.05) is 36.6 Å². The number of benzene rings is 1. The first-order valence-electron chi connectivity index (χ1n) is 5.47. The van der Waals surface area contributed by atoms with Gasteiger partial charge in [-0.3, -0.25) is 0 Å². The van der Waals surface area contributed by atoms with E-state index in [-0.39, 0.29) is 0 Å². The monoisotopic (exact) mass is 257 g/mol. The Hall–Kier alpha value is -2.14. The van der Waals surface area contributed by atoms with E-state index >= 15 is 0 Å². The van der Waals surface area contributed by atoms with Crippen molar-refractivity contribution >= 4 is 17.0 Å². The molecule has 4 nitrogen and oxygen atoms in total. The molecule has 0 atom stereocenters. The summed E-state index contributed by atoms with van der Waals surface area (Å²) in [4.78, 5) is 4.39. The Morgan fingerprint density at radius 2 is 2.00 bits per heavy atom. The third-order valence-corrected chi connectivity index (χ3v) is 3.58. The number of hydrogen-bond donors (Lipinski definition) is 1. The van der Waals surface area contributed by atoms with Crippen LogP contribution in [-0.2, 0) is 0 Å². The molecule has 1 aromatic carbocycles. The maximum atomic E-state index is 5.89. The standard InChI is InChI=1S/C13H11N3OS/c1-8-6-18-7-10(8)13-15-12(16-17-13)9-4-2-3-5-11(9)14/h2-7H,14H2,1H3. The van der Waals surface area contributed by atoms with Gasteiger partial charge in [0.25, 0.3) is 5.89 Å². The molecule has 3 rings (SSSR count). The lowest BCUT2D eigenvalue weighted by Gasteiger charge is -1.97. The van der Waals surface area contributed by atoms with E-state index in [0.717, 1.165) is 16.7 Å². The molecule has 0 unspecified atom stereocenters. The topological polar surface area (TPSA) is 64.9 Å². The summed E-state index contributed by atoms with van der Waals surface area (Å²) < 4.78 is 5.29. The number of anilines is 1. The first kappa shape index (κ1) is 11.0. The Morgan fingerprint density at radius 1 is 1.17 bits per heavy atom. The van der Waals surface area contributed by atoms with Gasteiger partial charge >= 0.3 is 0 Å². The molecule has 2 N–H and O–H groups in total. The van der Waals surface area contributed by atoms with Crippen molar-refractivity contribution in [1.82, 2.24) is 10.1 Å². The summed E-state index contributed by atoms with van der Waals surface area (Å²) in [7, 11) is 0. The average Bonchev–Trinajstić information content (AvgIpc) is 2.98. The second-order valence-electron chi connectivity index (χ2n) is 3.98. The SMILES string of the molecule is Cc1cscc1-c1nc(-c2ccccc2N)no1. The van der Waals surface area contributed by atoms with Crippen molar-refractivity contribution in [2.75, 3.05) is 5.73 Å². The smallest absolute Gasteiger partial charge is 0.259 e. The molecule has 0 bridgehead atoms. The molecular formula is C13H11N3OS. The van der Waals surface area contributed by atoms with E-state index in [4.69, 9.17) is 10.3 Å². The first-order valence-corrected chi connectivity index (χ1v) is 6.42. The quantitative estimate of drug-likeness (QED) is 0.715. The summed E-state index contributed by atoms with van der Waals surface area (Å²) in [5.41, 5.74) is 9.44. The van der Waals surface area contributed by atoms with Crippen molar-refractivity contribution in [2.24, 2.45) is 0 Å². The van der Waals surface area contributed by atoms with Gasteiger partial charge in [0.2, 0.25) is 5.82 Å². The Morgan fingerprint density at radius 3 is 2.72 bits per heavy atom. The highest BCUT2D eigenvalue weighted by Gasteiger charge is 2.14. The number of thiophene rings is 1. The minimum atomic E-state index is 0.522. The highest BCUT2D eigenvalue weighted by Crippen LogP contribution is 2.29. The lowest BCUT2D eigenvalue weighted by atomic mass is 10.2. The highest BCUT2D eigenvalue weighted by atomic mass is 32.1. The van der Waals surface area contributed by atoms with E-state index in [9.17, 15) is 0 Å². The molecule has 2 aromatic heterocycles. The molecule has 0 aliphatic carbocycles. The van der Waals surface area contributed by atoms with Gasteiger partial charge < -0.3 is 10.3 Å². The minimum absolute atomic E-state index is 0.522. The van der Waals surface area contributed by atoms with E-state index in [1.165, 1.54) is 0 Å². The van der Waals surface area contributed by atoms with Crippen LogP contribution in [0.5, 0.6) is 0 Å². The van der Waals surface area contributed by atoms with Gasteiger partial charge in [-0.15, -0.1) is 0 Å². The van der Waals surface area contributed by atoms with Crippen LogP contribution in [0.3, 0.4) is 0 Å². The lowest BCUT2D eigenvalue weighted by Crippen LogP contribution is -1.90. The Bertz CT molecular complexity index is 687. The Labute approximate surface area is 108 Å². The number of nitrogen functional groups attached to an aromatic ring is 1. The minimum Gasteiger partial charge on any atom is -0.398 e. The van der Waals surface area contributed by atoms with E-state index < -0.39 is 0 Å². The predicted molar refractivity (Wildman–Crippen MR) is 72.2 cm³/mol. The molecule has 2 heterocycles. The number of aryl methyl sites for hydroxylation is 1. The van der Waals surface area contributed by atoms with Crippen molar-refractivity contribution in [3.63, 3.8) is 0 Å². The fourth-order valence-electron chi connectivity index (χ4n) is 1.72. The summed E-state index contributed by atoms with van der Waals surface area (Å²) in [5.74, 6) is 1.06. The number of aromatic nitrogens is 2. The summed E-state index contributed by atoms with van der Waals surface area (Å²) in [6.45, 7) is 2.02. The van der Waals surface area contributed by atoms with Crippen LogP contribution in [0.2, 0.25) is 0 Å². The van der Waals surface area contributed by atoms with Gasteiger partial charge in [-0.2, -0.15) is 16.3 Å². The van der Waals surface area contributed by atoms with Gasteiger partial charge in [-0.1, -0.05) is 17.3 Å². The molecule has 5 heteroatoms. The second-order valence-corrected chi connectivity index (χ2v) is 4.72. The number of para-hydroxylation sites is 1. The molecule has 0 saturated carbocycles. The van der Waals surface area contributed by atoms with E-state index in [2.05, 4.69) is 15.5 Å². The fraction of sp³-hybridized carbons (Fsp3) is 0.0769. The van der Waals surface area contributed by atoms with Gasteiger partial charge in [-0.05, 0) is 30.0 Å². The van der Waals surface area contributed by atoms with Crippen LogP contribution >= 0.6 is 11.3 Å². The van der Waals surface area contributed by atoms with Gasteiger partial charge in [0.05, 0.1) is 5.56 Å². The second kappa shape index (κ2) is 4.27. The molecular weight excluding hydrogens is 246 g/mol. The maximum Gasteiger partial charge on any atom is 0.259 e. The highest BCUT2D eigenvalue weighted by molar-refractivity contribution is 7.08. The van der Waals surface area contributed by atoms with Gasteiger partial charge in [0.15, 0.2) is 0 Å². The maximum absolute atomic E-state index is 5.89. The number of nitrogens with two attached hydrogens (primary N) is 1. The van der Waals surface area contributed by atoms with Crippen molar-refractivity contribution in [1.29, 1.82) is 0 Å². The van der Waals surface area contributed by atoms with E-state index in [0.29, 0.717) is 17.4 Å². The van der Waals surface area contributed by atoms with Crippen LogP contribution in [0.4, 0.5) is 5.69 Å². The van der Waals surface area contributed by atoms with Gasteiger partial charge in [0.1, 0.15) is 0 Å². The molecule has 3 aromatic rings. The number of hydrogen-bond acceptors (Lipinski definition) is 5. The van der Waals surface area contributed by atoms with E-state index in [1.54, 1.807) is 11.3 Å². The normalized spacial score (nSPS) is 10.7. The lowest BCUT2D eigenvalue weighted by molar-refractivity contribution is 0.432. The molecule has 90 valence electrons. The van der Waals surface area contributed by atoms with Crippen LogP contribution < -0.4 is 5.73 Å². The number of rotatable bonds is 2. The Kier molecular flexibility index (Phi) is 2.60. The summed E-state index contributed by atoms with van der Waals surface area (Å²) in [5, 5.41) is 8.04. The third-order valence-electron chi connectivity index (χ3n) is 2.71. The van der Waals surface area contributed by atoms with Crippen LogP contribution in [-0.4, -0.2) is 10.1 Å². The summed E-state index contributed by atoms with van der Waals surface area (Å²) in [6, 6.07) is 7.48. The average molecular weight is 257 g/mol. The van der Waals surface area contributed by atoms with Gasteiger partial charge in [0, 0.05) is 16.6 Å². The van der Waals surface area contributed by atoms with Gasteiger partial charge in [-0.25, -0.2) is 0 Å². The molecule has 18 heavy (non-hydrogen) atoms. The molecule has 0 aliphatic rings. The predicted octanol–water partition coefficient (Wildman–Crippen LogP) is 3.36. The molecule has 0 fully saturated rings. The molecule has 0 aliphatic heterocycles. The van der Waals surface area contributed by atoms with Crippen molar-refractivity contribution < 1.29 is 4.52 Å². The largest absolute Gasteiger partial charge is 0.398 e. The fourth-order valence-corrected chi connectivity index (χ4v) is 2.54. The van der Waals surface area contributed by atoms with Crippen molar-refractivity contribution in [2.45, 2.75) is 6.92 Å². The molecule has 0 spiro atoms. The zero-order valence-electron chi connectivity index (χ0n) is 9.75. The summed E-state index contributed by atoms with van der Waals surface area (Å²) in [6.07, 6.45) is 0. The zero-order valence-corrected chi connectivity index (χ0v) is 10.6. The molecule has 0 radical (unpaired) electrons. The summed E-state index contributed by atoms with van der Waals surface area (Å²) >= 11 is 1.62. The van der Waals surface area contributed by atoms with Crippen molar-refractivity contribution in [3.05, 3.63) is 40.6 Å². The number of nitrogens with zero attached hydrogens (tertiary/aromatic N) is 2. The van der Waals surface area contributed by atoms with Crippen LogP contribution in [0.15, 0.2) is 39.5 Å². The van der Waals surface area contributed by atoms with Crippen LogP contribution in [0.25, 0.3) is 22.8 Å². The van der Waals surface area contributed by atoms with Crippen LogP contribution in [0, 0.1) is 6.92 Å². The van der Waals surface area contributed by atoms with Crippen LogP contribution in [0.1, 0.15) is 5.56 Å². The Balaban J connectivity index is 2.05. The van der Waals surface area contributed by atoms with Crippen molar-refractivity contribution in [3.8, 4) is 22.8 Å². The third kappa shape index (κ3) is 1.78. The first-order chi connectivity index (χ1) is 8.75. The molecule has 0 amide bonds.